The summed E-state index contributed by atoms with van der Waals surface area (Å²) < 4.78 is 2.01. The molecule has 1 atom stereocenters. The van der Waals surface area contributed by atoms with Crippen LogP contribution >= 0.6 is 11.8 Å². The summed E-state index contributed by atoms with van der Waals surface area (Å²) in [6.45, 7) is 1.86. The van der Waals surface area contributed by atoms with Crippen molar-refractivity contribution in [1.82, 2.24) is 9.38 Å². The van der Waals surface area contributed by atoms with Gasteiger partial charge in [-0.25, -0.2) is 4.98 Å². The van der Waals surface area contributed by atoms with E-state index in [-0.39, 0.29) is 6.61 Å². The molecule has 0 radical (unpaired) electrons. The summed E-state index contributed by atoms with van der Waals surface area (Å²) in [6.07, 6.45) is 3.40. The zero-order chi connectivity index (χ0) is 12.3. The molecule has 5 heteroatoms. The van der Waals surface area contributed by atoms with Crippen molar-refractivity contribution in [3.8, 4) is 0 Å². The minimum Gasteiger partial charge on any atom is -0.394 e. The lowest BCUT2D eigenvalue weighted by molar-refractivity contribution is 0.113. The van der Waals surface area contributed by atoms with Gasteiger partial charge in [-0.3, -0.25) is 0 Å². The van der Waals surface area contributed by atoms with E-state index >= 15 is 0 Å². The number of aromatic nitrogens is 2. The third-order valence-corrected chi connectivity index (χ3v) is 3.54. The number of pyridine rings is 1. The normalized spacial score (nSPS) is 13.1. The smallest absolute Gasteiger partial charge is 0.137 e. The molecule has 0 spiro atoms. The van der Waals surface area contributed by atoms with Gasteiger partial charge in [-0.15, -0.1) is 0 Å². The van der Waals surface area contributed by atoms with Gasteiger partial charge >= 0.3 is 0 Å². The molecule has 0 aliphatic carbocycles. The number of hydrogen-bond acceptors (Lipinski definition) is 4. The number of fused-ring (bicyclic) bond motifs is 1. The lowest BCUT2D eigenvalue weighted by Gasteiger charge is -2.04. The first-order valence-electron chi connectivity index (χ1n) is 5.50. The van der Waals surface area contributed by atoms with Gasteiger partial charge in [0, 0.05) is 23.9 Å². The van der Waals surface area contributed by atoms with Crippen LogP contribution in [0.1, 0.15) is 11.3 Å². The summed E-state index contributed by atoms with van der Waals surface area (Å²) in [7, 11) is 0. The molecule has 2 N–H and O–H groups in total. The van der Waals surface area contributed by atoms with Gasteiger partial charge in [0.1, 0.15) is 5.65 Å². The van der Waals surface area contributed by atoms with Crippen LogP contribution in [-0.2, 0) is 5.75 Å². The molecule has 0 aromatic carbocycles. The molecule has 2 aromatic rings. The Hall–Kier alpha value is -1.04. The third kappa shape index (κ3) is 3.21. The molecular formula is C12H16N2O2S. The lowest BCUT2D eigenvalue weighted by atomic mass is 10.3. The van der Waals surface area contributed by atoms with E-state index in [9.17, 15) is 5.11 Å². The molecule has 4 nitrogen and oxygen atoms in total. The minimum atomic E-state index is -0.640. The number of aliphatic hydroxyl groups excluding tert-OH is 2. The zero-order valence-electron chi connectivity index (χ0n) is 9.71. The maximum Gasteiger partial charge on any atom is 0.137 e. The van der Waals surface area contributed by atoms with E-state index in [1.807, 2.05) is 35.9 Å². The van der Waals surface area contributed by atoms with Gasteiger partial charge in [-0.2, -0.15) is 11.8 Å². The highest BCUT2D eigenvalue weighted by atomic mass is 32.2. The van der Waals surface area contributed by atoms with Crippen LogP contribution in [0, 0.1) is 6.92 Å². The lowest BCUT2D eigenvalue weighted by Crippen LogP contribution is -2.14. The van der Waals surface area contributed by atoms with Crippen LogP contribution in [0.2, 0.25) is 0 Å². The number of rotatable bonds is 5. The Balaban J connectivity index is 1.99. The quantitative estimate of drug-likeness (QED) is 0.840. The first-order valence-corrected chi connectivity index (χ1v) is 6.65. The fourth-order valence-electron chi connectivity index (χ4n) is 1.58. The molecule has 2 rings (SSSR count). The van der Waals surface area contributed by atoms with E-state index < -0.39 is 6.10 Å². The zero-order valence-corrected chi connectivity index (χ0v) is 10.5. The van der Waals surface area contributed by atoms with Crippen LogP contribution in [0.25, 0.3) is 5.65 Å². The molecule has 2 heterocycles. The Morgan fingerprint density at radius 1 is 1.41 bits per heavy atom. The van der Waals surface area contributed by atoms with Gasteiger partial charge in [0.2, 0.25) is 0 Å². The first-order chi connectivity index (χ1) is 8.19. The minimum absolute atomic E-state index is 0.183. The van der Waals surface area contributed by atoms with Gasteiger partial charge in [0.25, 0.3) is 0 Å². The van der Waals surface area contributed by atoms with E-state index in [0.717, 1.165) is 17.1 Å². The summed E-state index contributed by atoms with van der Waals surface area (Å²) in [6, 6.07) is 4.03. The largest absolute Gasteiger partial charge is 0.394 e. The molecule has 0 aliphatic heterocycles. The van der Waals surface area contributed by atoms with E-state index in [1.165, 1.54) is 5.56 Å². The molecule has 0 saturated carbocycles. The highest BCUT2D eigenvalue weighted by Crippen LogP contribution is 2.14. The van der Waals surface area contributed by atoms with Crippen molar-refractivity contribution in [1.29, 1.82) is 0 Å². The number of nitrogens with zero attached hydrogens (tertiary/aromatic N) is 2. The molecule has 0 saturated heterocycles. The van der Waals surface area contributed by atoms with Crippen molar-refractivity contribution in [2.24, 2.45) is 0 Å². The van der Waals surface area contributed by atoms with Crippen LogP contribution in [-0.4, -0.2) is 38.1 Å². The number of hydrogen-bond donors (Lipinski definition) is 2. The number of imidazole rings is 1. The monoisotopic (exact) mass is 252 g/mol. The third-order valence-electron chi connectivity index (χ3n) is 2.42. The summed E-state index contributed by atoms with van der Waals surface area (Å²) in [5, 5.41) is 17.9. The molecule has 0 fully saturated rings. The van der Waals surface area contributed by atoms with Crippen LogP contribution in [0.5, 0.6) is 0 Å². The van der Waals surface area contributed by atoms with Crippen LogP contribution in [0.3, 0.4) is 0 Å². The van der Waals surface area contributed by atoms with Gasteiger partial charge in [0.05, 0.1) is 18.4 Å². The maximum absolute atomic E-state index is 9.22. The fourth-order valence-corrected chi connectivity index (χ4v) is 2.42. The Morgan fingerprint density at radius 3 is 3.00 bits per heavy atom. The van der Waals surface area contributed by atoms with Crippen LogP contribution in [0.15, 0.2) is 24.5 Å². The van der Waals surface area contributed by atoms with E-state index in [2.05, 4.69) is 4.98 Å². The highest BCUT2D eigenvalue weighted by molar-refractivity contribution is 7.98. The topological polar surface area (TPSA) is 57.8 Å². The average Bonchev–Trinajstić information content (AvgIpc) is 2.70. The van der Waals surface area contributed by atoms with E-state index in [4.69, 9.17) is 5.11 Å². The summed E-state index contributed by atoms with van der Waals surface area (Å²) in [4.78, 5) is 4.47. The van der Waals surface area contributed by atoms with Gasteiger partial charge < -0.3 is 14.6 Å². The van der Waals surface area contributed by atoms with Crippen molar-refractivity contribution in [2.75, 3.05) is 12.4 Å². The van der Waals surface area contributed by atoms with Crippen LogP contribution in [0.4, 0.5) is 0 Å². The molecule has 17 heavy (non-hydrogen) atoms. The molecular weight excluding hydrogens is 236 g/mol. The average molecular weight is 252 g/mol. The van der Waals surface area contributed by atoms with Crippen molar-refractivity contribution >= 4 is 17.4 Å². The fraction of sp³-hybridized carbons (Fsp3) is 0.417. The standard InChI is InChI=1S/C12H16N2O2S/c1-9-2-3-12-13-10(5-14(12)4-9)7-17-8-11(16)6-15/h2-5,11,15-16H,6-8H2,1H3. The maximum atomic E-state index is 9.22. The summed E-state index contributed by atoms with van der Waals surface area (Å²) >= 11 is 1.57. The predicted octanol–water partition coefficient (Wildman–Crippen LogP) is 1.23. The van der Waals surface area contributed by atoms with Crippen molar-refractivity contribution in [3.63, 3.8) is 0 Å². The Kier molecular flexibility index (Phi) is 4.04. The highest BCUT2D eigenvalue weighted by Gasteiger charge is 2.05. The second kappa shape index (κ2) is 5.53. The second-order valence-electron chi connectivity index (χ2n) is 4.06. The van der Waals surface area contributed by atoms with Crippen molar-refractivity contribution in [3.05, 3.63) is 35.8 Å². The summed E-state index contributed by atoms with van der Waals surface area (Å²) in [5.41, 5.74) is 3.13. The van der Waals surface area contributed by atoms with Crippen molar-refractivity contribution < 1.29 is 10.2 Å². The molecule has 2 aromatic heterocycles. The number of aryl methyl sites for hydroxylation is 1. The van der Waals surface area contributed by atoms with E-state index in [1.54, 1.807) is 11.8 Å². The number of aliphatic hydroxyl groups is 2. The number of thioether (sulfide) groups is 1. The van der Waals surface area contributed by atoms with Gasteiger partial charge in [-0.1, -0.05) is 6.07 Å². The summed E-state index contributed by atoms with van der Waals surface area (Å²) in [5.74, 6) is 1.28. The second-order valence-corrected chi connectivity index (χ2v) is 5.09. The molecule has 92 valence electrons. The predicted molar refractivity (Wildman–Crippen MR) is 69.2 cm³/mol. The van der Waals surface area contributed by atoms with Gasteiger partial charge in [-0.05, 0) is 18.6 Å². The Morgan fingerprint density at radius 2 is 2.24 bits per heavy atom. The molecule has 1 unspecified atom stereocenters. The molecule has 0 bridgehead atoms. The SMILES string of the molecule is Cc1ccc2nc(CSCC(O)CO)cn2c1. The molecule has 0 amide bonds. The van der Waals surface area contributed by atoms with Crippen molar-refractivity contribution in [2.45, 2.75) is 18.8 Å². The van der Waals surface area contributed by atoms with E-state index in [0.29, 0.717) is 5.75 Å². The first kappa shape index (κ1) is 12.4. The molecule has 0 aliphatic rings. The Labute approximate surface area is 104 Å². The van der Waals surface area contributed by atoms with Crippen LogP contribution < -0.4 is 0 Å². The Bertz CT molecular complexity index is 498. The van der Waals surface area contributed by atoms with Gasteiger partial charge in [0.15, 0.2) is 0 Å².